The lowest BCUT2D eigenvalue weighted by Gasteiger charge is -2.23. The standard InChI is InChI=1S/C31H28O4/c1-4-22-20-26(21(2)3)27(23-14-8-5-9-15-23)29(35-31(33)25-18-12-7-13-19-25)28(22)34-30(32)24-16-10-6-11-17-24/h5-21H,4H2,1-3H3. The molecule has 0 saturated carbocycles. The maximum absolute atomic E-state index is 13.2. The smallest absolute Gasteiger partial charge is 0.343 e. The number of hydrogen-bond donors (Lipinski definition) is 0. The maximum Gasteiger partial charge on any atom is 0.343 e. The second-order valence-electron chi connectivity index (χ2n) is 8.54. The molecule has 0 aromatic heterocycles. The van der Waals surface area contributed by atoms with Crippen LogP contribution in [0.15, 0.2) is 97.1 Å². The van der Waals surface area contributed by atoms with Crippen LogP contribution in [-0.4, -0.2) is 11.9 Å². The Hall–Kier alpha value is -4.18. The van der Waals surface area contributed by atoms with Gasteiger partial charge < -0.3 is 9.47 Å². The number of carbonyl (C=O) groups excluding carboxylic acids is 2. The van der Waals surface area contributed by atoms with Crippen molar-refractivity contribution >= 4 is 11.9 Å². The van der Waals surface area contributed by atoms with Gasteiger partial charge in [0.15, 0.2) is 11.5 Å². The van der Waals surface area contributed by atoms with Crippen molar-refractivity contribution in [3.05, 3.63) is 119 Å². The molecule has 0 atom stereocenters. The van der Waals surface area contributed by atoms with Crippen molar-refractivity contribution in [1.82, 2.24) is 0 Å². The fourth-order valence-corrected chi connectivity index (χ4v) is 4.00. The third-order valence-corrected chi connectivity index (χ3v) is 5.82. The Labute approximate surface area is 206 Å². The number of benzene rings is 4. The number of aryl methyl sites for hydroxylation is 1. The Morgan fingerprint density at radius 1 is 0.686 bits per heavy atom. The zero-order chi connectivity index (χ0) is 24.8. The molecule has 4 heteroatoms. The van der Waals surface area contributed by atoms with Crippen LogP contribution in [0.2, 0.25) is 0 Å². The number of esters is 2. The quantitative estimate of drug-likeness (QED) is 0.210. The van der Waals surface area contributed by atoms with Gasteiger partial charge in [-0.05, 0) is 53.3 Å². The fraction of sp³-hybridized carbons (Fsp3) is 0.161. The van der Waals surface area contributed by atoms with Crippen molar-refractivity contribution in [2.24, 2.45) is 0 Å². The van der Waals surface area contributed by atoms with Crippen LogP contribution in [0.5, 0.6) is 11.5 Å². The highest BCUT2D eigenvalue weighted by molar-refractivity contribution is 5.95. The summed E-state index contributed by atoms with van der Waals surface area (Å²) in [5.41, 5.74) is 4.28. The fourth-order valence-electron chi connectivity index (χ4n) is 4.00. The summed E-state index contributed by atoms with van der Waals surface area (Å²) in [6.07, 6.45) is 0.599. The highest BCUT2D eigenvalue weighted by atomic mass is 16.6. The molecular weight excluding hydrogens is 436 g/mol. The topological polar surface area (TPSA) is 52.6 Å². The molecule has 0 spiro atoms. The molecule has 0 fully saturated rings. The second-order valence-corrected chi connectivity index (χ2v) is 8.54. The van der Waals surface area contributed by atoms with Crippen molar-refractivity contribution in [3.8, 4) is 22.6 Å². The van der Waals surface area contributed by atoms with Gasteiger partial charge in [0.2, 0.25) is 0 Å². The van der Waals surface area contributed by atoms with Gasteiger partial charge in [0.25, 0.3) is 0 Å². The van der Waals surface area contributed by atoms with Crippen molar-refractivity contribution in [1.29, 1.82) is 0 Å². The van der Waals surface area contributed by atoms with E-state index >= 15 is 0 Å². The van der Waals surface area contributed by atoms with Crippen LogP contribution < -0.4 is 9.47 Å². The van der Waals surface area contributed by atoms with Gasteiger partial charge in [-0.15, -0.1) is 0 Å². The van der Waals surface area contributed by atoms with E-state index in [-0.39, 0.29) is 17.4 Å². The summed E-state index contributed by atoms with van der Waals surface area (Å²) in [6.45, 7) is 6.18. The predicted molar refractivity (Wildman–Crippen MR) is 138 cm³/mol. The molecule has 0 amide bonds. The highest BCUT2D eigenvalue weighted by Crippen LogP contribution is 2.46. The summed E-state index contributed by atoms with van der Waals surface area (Å²) in [5, 5.41) is 0. The lowest BCUT2D eigenvalue weighted by Crippen LogP contribution is -2.15. The average molecular weight is 465 g/mol. The first-order valence-electron chi connectivity index (χ1n) is 11.8. The van der Waals surface area contributed by atoms with Crippen LogP contribution in [0.1, 0.15) is 58.5 Å². The molecule has 0 bridgehead atoms. The van der Waals surface area contributed by atoms with Crippen LogP contribution in [0.3, 0.4) is 0 Å². The molecular formula is C31H28O4. The molecule has 4 nitrogen and oxygen atoms in total. The molecule has 0 N–H and O–H groups in total. The first-order chi connectivity index (χ1) is 17.0. The Morgan fingerprint density at radius 3 is 1.60 bits per heavy atom. The van der Waals surface area contributed by atoms with E-state index in [4.69, 9.17) is 9.47 Å². The maximum atomic E-state index is 13.2. The van der Waals surface area contributed by atoms with Gasteiger partial charge in [-0.2, -0.15) is 0 Å². The van der Waals surface area contributed by atoms with Crippen molar-refractivity contribution in [3.63, 3.8) is 0 Å². The second kappa shape index (κ2) is 10.8. The van der Waals surface area contributed by atoms with E-state index in [1.807, 2.05) is 49.4 Å². The Bertz CT molecular complexity index is 1310. The summed E-state index contributed by atoms with van der Waals surface area (Å²) in [7, 11) is 0. The number of ether oxygens (including phenoxy) is 2. The average Bonchev–Trinajstić information content (AvgIpc) is 2.90. The van der Waals surface area contributed by atoms with Crippen LogP contribution in [-0.2, 0) is 6.42 Å². The number of rotatable bonds is 7. The molecule has 0 radical (unpaired) electrons. The minimum absolute atomic E-state index is 0.142. The van der Waals surface area contributed by atoms with Crippen LogP contribution in [0.25, 0.3) is 11.1 Å². The minimum atomic E-state index is -0.511. The van der Waals surface area contributed by atoms with Gasteiger partial charge in [-0.3, -0.25) is 0 Å². The zero-order valence-corrected chi connectivity index (χ0v) is 20.2. The number of hydrogen-bond acceptors (Lipinski definition) is 4. The molecule has 176 valence electrons. The zero-order valence-electron chi connectivity index (χ0n) is 20.2. The predicted octanol–water partition coefficient (Wildman–Crippen LogP) is 7.48. The van der Waals surface area contributed by atoms with Crippen molar-refractivity contribution in [2.75, 3.05) is 0 Å². The monoisotopic (exact) mass is 464 g/mol. The van der Waals surface area contributed by atoms with Gasteiger partial charge >= 0.3 is 11.9 Å². The van der Waals surface area contributed by atoms with Crippen LogP contribution in [0, 0.1) is 0 Å². The number of carbonyl (C=O) groups is 2. The van der Waals surface area contributed by atoms with Gasteiger partial charge in [0.05, 0.1) is 11.1 Å². The van der Waals surface area contributed by atoms with E-state index in [0.29, 0.717) is 17.5 Å². The molecule has 0 aliphatic rings. The van der Waals surface area contributed by atoms with Gasteiger partial charge in [0.1, 0.15) is 0 Å². The summed E-state index contributed by atoms with van der Waals surface area (Å²) >= 11 is 0. The third kappa shape index (κ3) is 5.33. The molecule has 4 aromatic rings. The van der Waals surface area contributed by atoms with Gasteiger partial charge in [0, 0.05) is 5.56 Å². The molecule has 0 aliphatic carbocycles. The van der Waals surface area contributed by atoms with E-state index in [0.717, 1.165) is 22.3 Å². The first-order valence-corrected chi connectivity index (χ1v) is 11.8. The van der Waals surface area contributed by atoms with E-state index in [2.05, 4.69) is 19.9 Å². The first kappa shape index (κ1) is 24.0. The van der Waals surface area contributed by atoms with E-state index < -0.39 is 11.9 Å². The van der Waals surface area contributed by atoms with E-state index in [9.17, 15) is 9.59 Å². The van der Waals surface area contributed by atoms with Gasteiger partial charge in [-0.25, -0.2) is 9.59 Å². The molecule has 4 aromatic carbocycles. The Morgan fingerprint density at radius 2 is 1.14 bits per heavy atom. The molecule has 0 heterocycles. The van der Waals surface area contributed by atoms with Crippen LogP contribution >= 0.6 is 0 Å². The van der Waals surface area contributed by atoms with Crippen molar-refractivity contribution in [2.45, 2.75) is 33.1 Å². The minimum Gasteiger partial charge on any atom is -0.419 e. The lowest BCUT2D eigenvalue weighted by molar-refractivity contribution is 0.0681. The Kier molecular flexibility index (Phi) is 7.41. The largest absolute Gasteiger partial charge is 0.419 e. The lowest BCUT2D eigenvalue weighted by atomic mass is 9.88. The third-order valence-electron chi connectivity index (χ3n) is 5.82. The molecule has 0 unspecified atom stereocenters. The van der Waals surface area contributed by atoms with Crippen molar-refractivity contribution < 1.29 is 19.1 Å². The molecule has 0 aliphatic heterocycles. The Balaban J connectivity index is 1.94. The normalized spacial score (nSPS) is 10.7. The van der Waals surface area contributed by atoms with Crippen LogP contribution in [0.4, 0.5) is 0 Å². The molecule has 35 heavy (non-hydrogen) atoms. The summed E-state index contributed by atoms with van der Waals surface area (Å²) < 4.78 is 12.0. The summed E-state index contributed by atoms with van der Waals surface area (Å²) in [6, 6.07) is 29.4. The highest BCUT2D eigenvalue weighted by Gasteiger charge is 2.27. The summed E-state index contributed by atoms with van der Waals surface area (Å²) in [4.78, 5) is 26.3. The van der Waals surface area contributed by atoms with E-state index in [1.165, 1.54) is 0 Å². The van der Waals surface area contributed by atoms with Gasteiger partial charge in [-0.1, -0.05) is 93.6 Å². The van der Waals surface area contributed by atoms with E-state index in [1.54, 1.807) is 48.5 Å². The molecule has 0 saturated heterocycles. The SMILES string of the molecule is CCc1cc(C(C)C)c(-c2ccccc2)c(OC(=O)c2ccccc2)c1OC(=O)c1ccccc1. The summed E-state index contributed by atoms with van der Waals surface area (Å²) in [5.74, 6) is -0.341. The molecule has 4 rings (SSSR count).